The van der Waals surface area contributed by atoms with E-state index in [9.17, 15) is 8.42 Å². The summed E-state index contributed by atoms with van der Waals surface area (Å²) in [6.45, 7) is 3.52. The number of hydrogen-bond donors (Lipinski definition) is 1. The number of rotatable bonds is 4. The standard InChI is InChI=1S/C18H19N3O3S/c1-12-11-15(17(19)13(2)18(12)24-25(3,22)23)16-9-10-21(20-16)14-7-5-4-6-8-14/h4-11H,19H2,1-3H3. The Morgan fingerprint density at radius 1 is 1.12 bits per heavy atom. The van der Waals surface area contributed by atoms with Crippen molar-refractivity contribution >= 4 is 15.8 Å². The number of nitrogens with zero attached hydrogens (tertiary/aromatic N) is 2. The molecule has 1 heterocycles. The summed E-state index contributed by atoms with van der Waals surface area (Å²) in [5.41, 5.74) is 10.3. The van der Waals surface area contributed by atoms with Gasteiger partial charge in [-0.25, -0.2) is 4.68 Å². The zero-order valence-electron chi connectivity index (χ0n) is 14.2. The van der Waals surface area contributed by atoms with Crippen molar-refractivity contribution in [3.63, 3.8) is 0 Å². The summed E-state index contributed by atoms with van der Waals surface area (Å²) in [6, 6.07) is 13.4. The molecule has 25 heavy (non-hydrogen) atoms. The summed E-state index contributed by atoms with van der Waals surface area (Å²) in [6.07, 6.45) is 2.87. The molecule has 0 amide bonds. The number of aryl methyl sites for hydroxylation is 1. The Hall–Kier alpha value is -2.80. The van der Waals surface area contributed by atoms with Gasteiger partial charge < -0.3 is 9.92 Å². The fourth-order valence-electron chi connectivity index (χ4n) is 2.66. The van der Waals surface area contributed by atoms with Gasteiger partial charge in [0, 0.05) is 23.0 Å². The Kier molecular flexibility index (Phi) is 4.26. The van der Waals surface area contributed by atoms with Crippen LogP contribution in [0.4, 0.5) is 5.69 Å². The number of benzene rings is 2. The number of nitrogens with two attached hydrogens (primary N) is 1. The van der Waals surface area contributed by atoms with Crippen LogP contribution in [0.25, 0.3) is 16.9 Å². The Morgan fingerprint density at radius 3 is 2.44 bits per heavy atom. The largest absolute Gasteiger partial charge is 0.398 e. The Bertz CT molecular complexity index is 1030. The van der Waals surface area contributed by atoms with Crippen LogP contribution >= 0.6 is 0 Å². The molecule has 0 unspecified atom stereocenters. The molecule has 3 aromatic rings. The third-order valence-electron chi connectivity index (χ3n) is 3.87. The average molecular weight is 357 g/mol. The zero-order valence-corrected chi connectivity index (χ0v) is 15.0. The van der Waals surface area contributed by atoms with Crippen molar-refractivity contribution in [2.24, 2.45) is 0 Å². The molecule has 0 saturated carbocycles. The second-order valence-electron chi connectivity index (χ2n) is 5.88. The highest BCUT2D eigenvalue weighted by Crippen LogP contribution is 2.36. The van der Waals surface area contributed by atoms with Crippen LogP contribution in [0, 0.1) is 13.8 Å². The van der Waals surface area contributed by atoms with E-state index in [2.05, 4.69) is 5.10 Å². The predicted octanol–water partition coefficient (Wildman–Crippen LogP) is 3.08. The molecule has 3 rings (SSSR count). The monoisotopic (exact) mass is 357 g/mol. The van der Waals surface area contributed by atoms with Crippen LogP contribution in [0.3, 0.4) is 0 Å². The van der Waals surface area contributed by atoms with Crippen LogP contribution in [-0.2, 0) is 10.1 Å². The first-order valence-electron chi connectivity index (χ1n) is 7.67. The molecule has 1 aromatic heterocycles. The minimum Gasteiger partial charge on any atom is -0.398 e. The van der Waals surface area contributed by atoms with Crippen molar-refractivity contribution in [3.05, 3.63) is 59.8 Å². The topological polar surface area (TPSA) is 87.2 Å². The van der Waals surface area contributed by atoms with E-state index in [-0.39, 0.29) is 5.75 Å². The molecular weight excluding hydrogens is 338 g/mol. The molecule has 2 aromatic carbocycles. The summed E-state index contributed by atoms with van der Waals surface area (Å²) in [4.78, 5) is 0. The lowest BCUT2D eigenvalue weighted by Gasteiger charge is -2.15. The molecule has 7 heteroatoms. The smallest absolute Gasteiger partial charge is 0.306 e. The van der Waals surface area contributed by atoms with Gasteiger partial charge in [0.1, 0.15) is 0 Å². The molecule has 0 atom stereocenters. The van der Waals surface area contributed by atoms with Crippen molar-refractivity contribution in [1.82, 2.24) is 9.78 Å². The fraction of sp³-hybridized carbons (Fsp3) is 0.167. The first kappa shape index (κ1) is 17.0. The van der Waals surface area contributed by atoms with E-state index in [0.717, 1.165) is 17.5 Å². The van der Waals surface area contributed by atoms with E-state index < -0.39 is 10.1 Å². The third-order valence-corrected chi connectivity index (χ3v) is 4.34. The van der Waals surface area contributed by atoms with Gasteiger partial charge >= 0.3 is 10.1 Å². The van der Waals surface area contributed by atoms with Crippen molar-refractivity contribution < 1.29 is 12.6 Å². The van der Waals surface area contributed by atoms with E-state index in [1.54, 1.807) is 24.6 Å². The maximum atomic E-state index is 11.5. The quantitative estimate of drug-likeness (QED) is 0.573. The van der Waals surface area contributed by atoms with E-state index in [0.29, 0.717) is 22.5 Å². The van der Waals surface area contributed by atoms with Crippen LogP contribution in [0.5, 0.6) is 5.75 Å². The van der Waals surface area contributed by atoms with Crippen molar-refractivity contribution in [2.45, 2.75) is 13.8 Å². The summed E-state index contributed by atoms with van der Waals surface area (Å²) in [7, 11) is -3.62. The minimum atomic E-state index is -3.62. The first-order chi connectivity index (χ1) is 11.8. The molecule has 2 N–H and O–H groups in total. The minimum absolute atomic E-state index is 0.270. The van der Waals surface area contributed by atoms with Gasteiger partial charge in [0.25, 0.3) is 0 Å². The van der Waals surface area contributed by atoms with Gasteiger partial charge in [0.05, 0.1) is 17.6 Å². The molecule has 6 nitrogen and oxygen atoms in total. The zero-order chi connectivity index (χ0) is 18.2. The molecule has 0 saturated heterocycles. The summed E-state index contributed by atoms with van der Waals surface area (Å²) in [5.74, 6) is 0.270. The highest BCUT2D eigenvalue weighted by atomic mass is 32.2. The van der Waals surface area contributed by atoms with Gasteiger partial charge in [-0.15, -0.1) is 0 Å². The van der Waals surface area contributed by atoms with Gasteiger partial charge in [-0.1, -0.05) is 18.2 Å². The maximum Gasteiger partial charge on any atom is 0.306 e. The Labute approximate surface area is 147 Å². The molecule has 0 aliphatic rings. The first-order valence-corrected chi connectivity index (χ1v) is 9.48. The highest BCUT2D eigenvalue weighted by molar-refractivity contribution is 7.86. The normalized spacial score (nSPS) is 11.5. The predicted molar refractivity (Wildman–Crippen MR) is 98.4 cm³/mol. The molecule has 0 fully saturated rings. The van der Waals surface area contributed by atoms with Gasteiger partial charge in [-0.2, -0.15) is 13.5 Å². The van der Waals surface area contributed by atoms with Crippen molar-refractivity contribution in [3.8, 4) is 22.7 Å². The van der Waals surface area contributed by atoms with Crippen LogP contribution in [0.15, 0.2) is 48.7 Å². The molecular formula is C18H19N3O3S. The number of para-hydroxylation sites is 1. The Morgan fingerprint density at radius 2 is 1.80 bits per heavy atom. The molecule has 0 spiro atoms. The van der Waals surface area contributed by atoms with Crippen LogP contribution in [0.2, 0.25) is 0 Å². The van der Waals surface area contributed by atoms with E-state index >= 15 is 0 Å². The van der Waals surface area contributed by atoms with Crippen LogP contribution in [0.1, 0.15) is 11.1 Å². The molecule has 0 aliphatic carbocycles. The molecule has 0 radical (unpaired) electrons. The molecule has 0 aliphatic heterocycles. The van der Waals surface area contributed by atoms with E-state index in [4.69, 9.17) is 9.92 Å². The lowest BCUT2D eigenvalue weighted by Crippen LogP contribution is -2.09. The second-order valence-corrected chi connectivity index (χ2v) is 7.45. The SMILES string of the molecule is Cc1cc(-c2ccn(-c3ccccc3)n2)c(N)c(C)c1OS(C)(=O)=O. The van der Waals surface area contributed by atoms with Crippen LogP contribution < -0.4 is 9.92 Å². The van der Waals surface area contributed by atoms with Gasteiger partial charge in [0.2, 0.25) is 0 Å². The number of hydrogen-bond acceptors (Lipinski definition) is 5. The number of nitrogen functional groups attached to an aromatic ring is 1. The molecule has 0 bridgehead atoms. The fourth-order valence-corrected chi connectivity index (χ4v) is 3.22. The van der Waals surface area contributed by atoms with E-state index in [1.807, 2.05) is 42.6 Å². The third kappa shape index (κ3) is 3.51. The molecule has 130 valence electrons. The van der Waals surface area contributed by atoms with Gasteiger partial charge in [-0.3, -0.25) is 0 Å². The second kappa shape index (κ2) is 6.25. The highest BCUT2D eigenvalue weighted by Gasteiger charge is 2.18. The lowest BCUT2D eigenvalue weighted by molar-refractivity contribution is 0.489. The van der Waals surface area contributed by atoms with E-state index in [1.165, 1.54) is 0 Å². The van der Waals surface area contributed by atoms with Gasteiger partial charge in [0.15, 0.2) is 5.75 Å². The number of anilines is 1. The summed E-state index contributed by atoms with van der Waals surface area (Å²) < 4.78 is 29.7. The van der Waals surface area contributed by atoms with Crippen molar-refractivity contribution in [2.75, 3.05) is 12.0 Å². The van der Waals surface area contributed by atoms with Crippen LogP contribution in [-0.4, -0.2) is 24.5 Å². The van der Waals surface area contributed by atoms with Crippen molar-refractivity contribution in [1.29, 1.82) is 0 Å². The lowest BCUT2D eigenvalue weighted by atomic mass is 10.0. The summed E-state index contributed by atoms with van der Waals surface area (Å²) in [5, 5.41) is 4.58. The number of aromatic nitrogens is 2. The summed E-state index contributed by atoms with van der Waals surface area (Å²) >= 11 is 0. The average Bonchev–Trinajstić information content (AvgIpc) is 3.05. The Balaban J connectivity index is 2.06. The van der Waals surface area contributed by atoms with Gasteiger partial charge in [-0.05, 0) is 43.7 Å². The maximum absolute atomic E-state index is 11.5.